The summed E-state index contributed by atoms with van der Waals surface area (Å²) in [6.45, 7) is 2.47. The predicted octanol–water partition coefficient (Wildman–Crippen LogP) is 2.46. The van der Waals surface area contributed by atoms with Crippen LogP contribution < -0.4 is 4.74 Å². The Morgan fingerprint density at radius 3 is 2.46 bits per heavy atom. The van der Waals surface area contributed by atoms with Gasteiger partial charge < -0.3 is 14.6 Å². The predicted molar refractivity (Wildman–Crippen MR) is 95.4 cm³/mol. The summed E-state index contributed by atoms with van der Waals surface area (Å²) in [7, 11) is 0. The quantitative estimate of drug-likeness (QED) is 0.370. The molecule has 10 heteroatoms. The largest absolute Gasteiger partial charge is 0.508 e. The van der Waals surface area contributed by atoms with Crippen LogP contribution >= 0.6 is 0 Å². The van der Waals surface area contributed by atoms with Gasteiger partial charge in [0.05, 0.1) is 10.5 Å². The van der Waals surface area contributed by atoms with E-state index in [1.54, 1.807) is 12.1 Å². The van der Waals surface area contributed by atoms with E-state index in [4.69, 9.17) is 9.47 Å². The minimum Gasteiger partial charge on any atom is -0.508 e. The molecule has 1 atom stereocenters. The van der Waals surface area contributed by atoms with Gasteiger partial charge >= 0.3 is 5.97 Å². The van der Waals surface area contributed by atoms with Crippen molar-refractivity contribution in [3.8, 4) is 11.5 Å². The minimum absolute atomic E-state index is 0.00621. The Kier molecular flexibility index (Phi) is 4.94. The topological polar surface area (TPSA) is 132 Å². The van der Waals surface area contributed by atoms with E-state index in [1.165, 1.54) is 38.1 Å². The number of nitro groups is 1. The second-order valence-electron chi connectivity index (χ2n) is 5.86. The van der Waals surface area contributed by atoms with Crippen LogP contribution in [0.2, 0.25) is 0 Å². The lowest BCUT2D eigenvalue weighted by Crippen LogP contribution is -2.25. The van der Waals surface area contributed by atoms with E-state index in [-0.39, 0.29) is 28.6 Å². The monoisotopic (exact) mass is 385 g/mol. The number of carbonyl (C=O) groups excluding carboxylic acids is 2. The first-order valence-electron chi connectivity index (χ1n) is 8.07. The van der Waals surface area contributed by atoms with Crippen molar-refractivity contribution < 1.29 is 29.1 Å². The van der Waals surface area contributed by atoms with Crippen LogP contribution in [0, 0.1) is 10.1 Å². The molecule has 1 heterocycles. The van der Waals surface area contributed by atoms with Gasteiger partial charge in [0, 0.05) is 31.5 Å². The number of nitrogens with zero attached hydrogens (tertiary/aromatic N) is 3. The number of nitro benzene ring substituents is 1. The number of phenols is 1. The van der Waals surface area contributed by atoms with Crippen molar-refractivity contribution in [2.24, 2.45) is 5.10 Å². The summed E-state index contributed by atoms with van der Waals surface area (Å²) >= 11 is 0. The second-order valence-corrected chi connectivity index (χ2v) is 5.86. The normalized spacial score (nSPS) is 15.6. The Balaban J connectivity index is 2.05. The maximum absolute atomic E-state index is 12.0. The number of non-ortho nitro benzene ring substituents is 1. The molecule has 1 unspecified atom stereocenters. The lowest BCUT2D eigenvalue weighted by atomic mass is 10.1. The summed E-state index contributed by atoms with van der Waals surface area (Å²) in [6.07, 6.45) is -0.947. The Morgan fingerprint density at radius 1 is 1.21 bits per heavy atom. The molecule has 0 saturated heterocycles. The van der Waals surface area contributed by atoms with Crippen LogP contribution in [0.3, 0.4) is 0 Å². The summed E-state index contributed by atoms with van der Waals surface area (Å²) in [5.41, 5.74) is 0.308. The van der Waals surface area contributed by atoms with E-state index in [9.17, 15) is 24.8 Å². The van der Waals surface area contributed by atoms with Crippen LogP contribution in [-0.4, -0.2) is 32.8 Å². The summed E-state index contributed by atoms with van der Waals surface area (Å²) < 4.78 is 10.8. The summed E-state index contributed by atoms with van der Waals surface area (Å²) in [4.78, 5) is 33.9. The molecule has 0 spiro atoms. The van der Waals surface area contributed by atoms with Crippen molar-refractivity contribution in [2.75, 3.05) is 0 Å². The number of phenolic OH excluding ortho intramolecular Hbond substituents is 1. The van der Waals surface area contributed by atoms with Gasteiger partial charge in [0.1, 0.15) is 11.5 Å². The first-order valence-corrected chi connectivity index (χ1v) is 8.07. The minimum atomic E-state index is -0.947. The molecule has 1 amide bonds. The van der Waals surface area contributed by atoms with Gasteiger partial charge in [-0.05, 0) is 30.3 Å². The van der Waals surface area contributed by atoms with Gasteiger partial charge in [-0.2, -0.15) is 5.01 Å². The van der Waals surface area contributed by atoms with Gasteiger partial charge in [0.2, 0.25) is 18.0 Å². The average molecular weight is 385 g/mol. The Bertz CT molecular complexity index is 985. The van der Waals surface area contributed by atoms with Gasteiger partial charge in [0.25, 0.3) is 5.69 Å². The number of esters is 1. The Labute approximate surface area is 158 Å². The number of amides is 1. The lowest BCUT2D eigenvalue weighted by Gasteiger charge is -2.19. The molecular weight excluding hydrogens is 370 g/mol. The summed E-state index contributed by atoms with van der Waals surface area (Å²) in [5, 5.41) is 25.7. The smallest absolute Gasteiger partial charge is 0.308 e. The molecule has 2 aromatic rings. The highest BCUT2D eigenvalue weighted by Gasteiger charge is 2.35. The molecule has 0 aromatic heterocycles. The van der Waals surface area contributed by atoms with Crippen molar-refractivity contribution >= 4 is 23.5 Å². The molecule has 1 N–H and O–H groups in total. The number of hydrogen-bond acceptors (Lipinski definition) is 8. The van der Waals surface area contributed by atoms with E-state index in [1.807, 2.05) is 0 Å². The number of rotatable bonds is 4. The van der Waals surface area contributed by atoms with Gasteiger partial charge in [-0.15, -0.1) is 5.10 Å². The number of hydrogen-bond donors (Lipinski definition) is 1. The third kappa shape index (κ3) is 3.75. The van der Waals surface area contributed by atoms with Crippen LogP contribution in [-0.2, 0) is 14.3 Å². The molecule has 0 bridgehead atoms. The van der Waals surface area contributed by atoms with E-state index in [2.05, 4.69) is 5.10 Å². The maximum atomic E-state index is 12.0. The van der Waals surface area contributed by atoms with E-state index < -0.39 is 23.0 Å². The highest BCUT2D eigenvalue weighted by Crippen LogP contribution is 2.34. The van der Waals surface area contributed by atoms with Gasteiger partial charge in [-0.3, -0.25) is 19.7 Å². The SMILES string of the molecule is CC(=O)Oc1ccc([N+](=O)[O-])cc1C1=NN(C(C)=O)C(c2ccc(O)cc2)O1. The van der Waals surface area contributed by atoms with Gasteiger partial charge in [-0.1, -0.05) is 0 Å². The van der Waals surface area contributed by atoms with E-state index in [0.717, 1.165) is 11.1 Å². The molecule has 28 heavy (non-hydrogen) atoms. The molecule has 0 radical (unpaired) electrons. The van der Waals surface area contributed by atoms with Crippen LogP contribution in [0.1, 0.15) is 31.2 Å². The molecule has 144 valence electrons. The first kappa shape index (κ1) is 18.8. The second kappa shape index (κ2) is 7.35. The molecule has 3 rings (SSSR count). The molecule has 1 aliphatic rings. The average Bonchev–Trinajstić information content (AvgIpc) is 3.07. The zero-order valence-corrected chi connectivity index (χ0v) is 14.9. The molecule has 10 nitrogen and oxygen atoms in total. The van der Waals surface area contributed by atoms with Crippen molar-refractivity contribution in [3.63, 3.8) is 0 Å². The first-order chi connectivity index (χ1) is 13.3. The number of carbonyl (C=O) groups is 2. The fourth-order valence-corrected chi connectivity index (χ4v) is 2.57. The van der Waals surface area contributed by atoms with Crippen molar-refractivity contribution in [2.45, 2.75) is 20.1 Å². The maximum Gasteiger partial charge on any atom is 0.308 e. The Morgan fingerprint density at radius 2 is 1.89 bits per heavy atom. The number of ether oxygens (including phenoxy) is 2. The van der Waals surface area contributed by atoms with Crippen LogP contribution in [0.15, 0.2) is 47.6 Å². The van der Waals surface area contributed by atoms with Crippen LogP contribution in [0.25, 0.3) is 0 Å². The molecule has 0 saturated carbocycles. The lowest BCUT2D eigenvalue weighted by molar-refractivity contribution is -0.384. The highest BCUT2D eigenvalue weighted by atomic mass is 16.6. The van der Waals surface area contributed by atoms with Crippen molar-refractivity contribution in [1.82, 2.24) is 5.01 Å². The van der Waals surface area contributed by atoms with Crippen LogP contribution in [0.4, 0.5) is 5.69 Å². The summed E-state index contributed by atoms with van der Waals surface area (Å²) in [6, 6.07) is 9.53. The number of benzene rings is 2. The zero-order valence-electron chi connectivity index (χ0n) is 14.9. The van der Waals surface area contributed by atoms with Crippen LogP contribution in [0.5, 0.6) is 11.5 Å². The molecule has 0 fully saturated rings. The van der Waals surface area contributed by atoms with Gasteiger partial charge in [-0.25, -0.2) is 0 Å². The highest BCUT2D eigenvalue weighted by molar-refractivity contribution is 6.00. The molecule has 0 aliphatic carbocycles. The zero-order chi connectivity index (χ0) is 20.4. The molecule has 1 aliphatic heterocycles. The molecule has 2 aromatic carbocycles. The number of hydrazone groups is 1. The standard InChI is InChI=1S/C18H15N3O7/c1-10(22)20-18(12-3-6-14(24)7-4-12)28-17(19-20)15-9-13(21(25)26)5-8-16(15)27-11(2)23/h3-9,18,24H,1-2H3. The fourth-order valence-electron chi connectivity index (χ4n) is 2.57. The third-order valence-corrected chi connectivity index (χ3v) is 3.80. The third-order valence-electron chi connectivity index (χ3n) is 3.80. The summed E-state index contributed by atoms with van der Waals surface area (Å²) in [5.74, 6) is -1.15. The fraction of sp³-hybridized carbons (Fsp3) is 0.167. The van der Waals surface area contributed by atoms with Crippen molar-refractivity contribution in [3.05, 3.63) is 63.7 Å². The van der Waals surface area contributed by atoms with Crippen molar-refractivity contribution in [1.29, 1.82) is 0 Å². The van der Waals surface area contributed by atoms with Gasteiger partial charge in [0.15, 0.2) is 0 Å². The Hall–Kier alpha value is -3.95. The molecular formula is C18H15N3O7. The number of aromatic hydroxyl groups is 1. The van der Waals surface area contributed by atoms with E-state index >= 15 is 0 Å². The van der Waals surface area contributed by atoms with E-state index in [0.29, 0.717) is 5.56 Å².